The van der Waals surface area contributed by atoms with Crippen LogP contribution in [0.4, 0.5) is 62.6 Å². The molecular formula is C49H35N11O34S10. The molecule has 0 aromatic heterocycles. The van der Waals surface area contributed by atoms with Crippen molar-refractivity contribution >= 4 is 196 Å². The van der Waals surface area contributed by atoms with Gasteiger partial charge < -0.3 is 21.1 Å². The zero-order chi connectivity index (χ0) is 77.9. The largest absolute Gasteiger partial charge is 0.507 e. The number of anilines is 2. The molecule has 104 heavy (non-hydrogen) atoms. The van der Waals surface area contributed by atoms with Crippen LogP contribution in [0.3, 0.4) is 0 Å². The summed E-state index contributed by atoms with van der Waals surface area (Å²) in [5, 5.41) is 66.9. The summed E-state index contributed by atoms with van der Waals surface area (Å²) in [7, 11) is -57.3. The Labute approximate surface area is 580 Å². The number of phenols is 3. The van der Waals surface area contributed by atoms with Gasteiger partial charge in [-0.15, -0.1) is 40.9 Å². The highest BCUT2D eigenvalue weighted by molar-refractivity contribution is 7.93. The van der Waals surface area contributed by atoms with E-state index in [0.29, 0.717) is 42.0 Å². The summed E-state index contributed by atoms with van der Waals surface area (Å²) in [5.41, 5.74) is -7.71. The van der Waals surface area contributed by atoms with E-state index in [9.17, 15) is 151 Å². The molecule has 9 aromatic rings. The number of nitrogen functional groups attached to an aromatic ring is 1. The van der Waals surface area contributed by atoms with E-state index in [4.69, 9.17) is 5.73 Å². The van der Waals surface area contributed by atoms with Crippen molar-refractivity contribution in [3.63, 3.8) is 0 Å². The quantitative estimate of drug-likeness (QED) is 0.0107. The Kier molecular flexibility index (Phi) is 19.8. The lowest BCUT2D eigenvalue weighted by Gasteiger charge is -2.17. The van der Waals surface area contributed by atoms with Crippen LogP contribution in [0, 0.1) is 17.0 Å². The predicted octanol–water partition coefficient (Wildman–Crippen LogP) is 7.74. The van der Waals surface area contributed by atoms with E-state index in [-0.39, 0.29) is 42.5 Å². The van der Waals surface area contributed by atoms with Gasteiger partial charge in [0.15, 0.2) is 11.5 Å². The minimum atomic E-state index is -6.05. The van der Waals surface area contributed by atoms with Gasteiger partial charge in [-0.1, -0.05) is 17.7 Å². The van der Waals surface area contributed by atoms with E-state index in [2.05, 4.69) is 40.9 Å². The lowest BCUT2D eigenvalue weighted by Crippen LogP contribution is -2.16. The molecule has 550 valence electrons. The third-order valence-corrected chi connectivity index (χ3v) is 23.2. The van der Waals surface area contributed by atoms with Gasteiger partial charge in [0.05, 0.1) is 36.9 Å². The highest BCUT2D eigenvalue weighted by atomic mass is 32.3. The van der Waals surface area contributed by atoms with Crippen molar-refractivity contribution in [2.24, 2.45) is 40.9 Å². The molecule has 0 aliphatic rings. The number of sulfonamides is 1. The lowest BCUT2D eigenvalue weighted by atomic mass is 10.0. The van der Waals surface area contributed by atoms with E-state index >= 15 is 0 Å². The molecule has 15 N–H and O–H groups in total. The van der Waals surface area contributed by atoms with Crippen LogP contribution < -0.4 is 10.5 Å². The molecular weight excluding hydrogens is 1610 g/mol. The Hall–Kier alpha value is -10.3. The average molecular weight is 1640 g/mol. The second-order valence-corrected chi connectivity index (χ2v) is 34.9. The zero-order valence-electron chi connectivity index (χ0n) is 49.8. The van der Waals surface area contributed by atoms with E-state index < -0.39 is 267 Å². The van der Waals surface area contributed by atoms with Gasteiger partial charge in [-0.3, -0.25) is 55.8 Å². The number of fused-ring (bicyclic) bond motifs is 3. The van der Waals surface area contributed by atoms with E-state index in [0.717, 1.165) is 12.1 Å². The highest BCUT2D eigenvalue weighted by Gasteiger charge is 2.35. The first kappa shape index (κ1) is 77.8. The van der Waals surface area contributed by atoms with Crippen molar-refractivity contribution < 1.29 is 145 Å². The SMILES string of the molecule is Cc1ccc(S(=O)(=O)Nc2c(S(=O)(=O)O)cc3cc(S(=O)(=O)O)cc(O)c3c2N=Nc2cc(S(=O)(=O)O)c(N=Nc3c(S(=O)(=O)O)cc4c(S(=O)(=O)O)c(N=Nc5cc(S(=O)(=O)O)c6cc(S(=O)(=O)O)c(N=Nc7ccc([N+](=O)[O-])cc7S(=O)(=O)O)c(O)c6c5N)ccc4c3O)cc2S(=O)(=O)O)cc1. The Bertz CT molecular complexity index is 6740. The number of hydrogen-bond donors (Lipinski definition) is 14. The maximum atomic E-state index is 13.8. The van der Waals surface area contributed by atoms with E-state index in [1.54, 1.807) is 4.72 Å². The van der Waals surface area contributed by atoms with E-state index in [1.807, 2.05) is 0 Å². The van der Waals surface area contributed by atoms with Crippen LogP contribution in [0.2, 0.25) is 0 Å². The average Bonchev–Trinajstić information content (AvgIpc) is 0.749. The van der Waals surface area contributed by atoms with Crippen LogP contribution in [-0.2, 0) is 101 Å². The molecule has 0 radical (unpaired) electrons. The van der Waals surface area contributed by atoms with Gasteiger partial charge >= 0.3 is 0 Å². The highest BCUT2D eigenvalue weighted by Crippen LogP contribution is 2.52. The normalized spacial score (nSPS) is 13.6. The number of hydrogen-bond acceptors (Lipinski definition) is 34. The third-order valence-electron chi connectivity index (χ3n) is 13.9. The summed E-state index contributed by atoms with van der Waals surface area (Å²) in [6.07, 6.45) is 0. The van der Waals surface area contributed by atoms with Crippen LogP contribution in [0.15, 0.2) is 193 Å². The number of nitrogens with zero attached hydrogens (tertiary/aromatic N) is 9. The fourth-order valence-corrected chi connectivity index (χ4v) is 16.5. The van der Waals surface area contributed by atoms with Crippen LogP contribution >= 0.6 is 0 Å². The van der Waals surface area contributed by atoms with Crippen molar-refractivity contribution in [3.8, 4) is 17.2 Å². The second-order valence-electron chi connectivity index (χ2n) is 20.7. The van der Waals surface area contributed by atoms with Gasteiger partial charge in [0.2, 0.25) is 0 Å². The molecule has 45 nitrogen and oxygen atoms in total. The lowest BCUT2D eigenvalue weighted by molar-refractivity contribution is -0.385. The monoisotopic (exact) mass is 1640 g/mol. The molecule has 0 saturated heterocycles. The number of phenolic OH excluding ortho intramolecular Hbond substituents is 3. The molecule has 55 heteroatoms. The maximum Gasteiger partial charge on any atom is 0.297 e. The molecule has 0 unspecified atom stereocenters. The molecule has 0 atom stereocenters. The molecule has 0 heterocycles. The number of benzene rings is 9. The van der Waals surface area contributed by atoms with Crippen molar-refractivity contribution in [2.45, 2.75) is 55.9 Å². The first-order valence-corrected chi connectivity index (χ1v) is 40.6. The third kappa shape index (κ3) is 15.8. The number of nitrogens with two attached hydrogens (primary N) is 1. The van der Waals surface area contributed by atoms with Gasteiger partial charge in [-0.2, -0.15) is 75.8 Å². The molecule has 9 rings (SSSR count). The summed E-state index contributed by atoms with van der Waals surface area (Å²) in [6.45, 7) is 1.52. The van der Waals surface area contributed by atoms with Crippen molar-refractivity contribution in [3.05, 3.63) is 119 Å². The molecule has 0 fully saturated rings. The number of rotatable bonds is 21. The summed E-state index contributed by atoms with van der Waals surface area (Å²) >= 11 is 0. The molecule has 0 saturated carbocycles. The Morgan fingerprint density at radius 2 is 0.808 bits per heavy atom. The van der Waals surface area contributed by atoms with Gasteiger partial charge in [-0.05, 0) is 85.1 Å². The predicted molar refractivity (Wildman–Crippen MR) is 348 cm³/mol. The minimum Gasteiger partial charge on any atom is -0.507 e. The topological polar surface area (TPSA) is 764 Å². The molecule has 0 spiro atoms. The Morgan fingerprint density at radius 3 is 1.29 bits per heavy atom. The second kappa shape index (κ2) is 26.4. The van der Waals surface area contributed by atoms with Crippen LogP contribution in [-0.4, -0.2) is 145 Å². The summed E-state index contributed by atoms with van der Waals surface area (Å²) in [5.74, 6) is -4.68. The Morgan fingerprint density at radius 1 is 0.375 bits per heavy atom. The minimum absolute atomic E-state index is 0.0597. The van der Waals surface area contributed by atoms with Gasteiger partial charge in [0, 0.05) is 34.4 Å². The fraction of sp³-hybridized carbons (Fsp3) is 0.0204. The summed E-state index contributed by atoms with van der Waals surface area (Å²) in [4.78, 5) is -4.62. The van der Waals surface area contributed by atoms with Crippen molar-refractivity contribution in [1.82, 2.24) is 0 Å². The van der Waals surface area contributed by atoms with Crippen molar-refractivity contribution in [1.29, 1.82) is 0 Å². The number of nitro groups is 1. The number of aryl methyl sites for hydroxylation is 1. The first-order chi connectivity index (χ1) is 47.4. The van der Waals surface area contributed by atoms with Crippen LogP contribution in [0.25, 0.3) is 32.3 Å². The number of nitrogens with one attached hydrogen (secondary N) is 1. The molecule has 0 bridgehead atoms. The van der Waals surface area contributed by atoms with Gasteiger partial charge in [-0.25, -0.2) is 8.42 Å². The summed E-state index contributed by atoms with van der Waals surface area (Å²) in [6, 6.07) is 8.21. The maximum absolute atomic E-state index is 13.8. The zero-order valence-corrected chi connectivity index (χ0v) is 58.0. The fourth-order valence-electron chi connectivity index (χ4n) is 9.47. The van der Waals surface area contributed by atoms with Crippen LogP contribution in [0.5, 0.6) is 17.2 Å². The summed E-state index contributed by atoms with van der Waals surface area (Å²) < 4.78 is 353. The molecule has 0 aliphatic carbocycles. The number of aromatic hydroxyl groups is 3. The standard InChI is InChI=1S/C49H35N11O34S10/c1-19-2-5-22(6-3-19)95(66,67)59-43-37(101(83,84)85)11-20-10-23(96(68,69)70)13-32(61)40(20)46(43)58-54-30-17-35(99(77,78)79)29(16-36(30)100(80,81)82)53-56-44-38(102(86,87)88)14-25-24(47(44)62)7-9-28(49(25)104(92,93)94)52-55-31-18-33(97(71,72)73)26-15-39(103(89,90)91)45(48(63)41(26)42(31)50)57-51-27-8-4-21(60(64)65)12-34(27)98(74,75)76/h2-18,59,61-63H,50H2,1H3,(H,68,69,70)(H,71,72,73)(H,74,75,76)(H,77,78,79)(H,80,81,82)(H,83,84,85)(H,86,87,88)(H,89,90,91)(H,92,93,94). The Balaban J connectivity index is 1.22. The van der Waals surface area contributed by atoms with Crippen LogP contribution in [0.1, 0.15) is 5.56 Å². The number of azo groups is 4. The molecule has 0 aliphatic heterocycles. The smallest absolute Gasteiger partial charge is 0.297 e. The molecule has 9 aromatic carbocycles. The van der Waals surface area contributed by atoms with Gasteiger partial charge in [0.1, 0.15) is 90.4 Å². The first-order valence-electron chi connectivity index (χ1n) is 26.2. The van der Waals surface area contributed by atoms with E-state index in [1.165, 1.54) is 19.1 Å². The molecule has 0 amide bonds. The van der Waals surface area contributed by atoms with Gasteiger partial charge in [0.25, 0.3) is 107 Å². The number of nitro benzene ring substituents is 1. The van der Waals surface area contributed by atoms with Crippen molar-refractivity contribution in [2.75, 3.05) is 10.5 Å². The number of non-ortho nitro benzene ring substituents is 1.